The summed E-state index contributed by atoms with van der Waals surface area (Å²) in [7, 11) is 1.58. The Kier molecular flexibility index (Phi) is 6.05. The Balaban J connectivity index is 1.35. The minimum absolute atomic E-state index is 0.0110. The van der Waals surface area contributed by atoms with E-state index < -0.39 is 11.9 Å². The minimum atomic E-state index is -1.38. The lowest BCUT2D eigenvalue weighted by atomic mass is 9.83. The van der Waals surface area contributed by atoms with Crippen molar-refractivity contribution >= 4 is 23.5 Å². The van der Waals surface area contributed by atoms with Gasteiger partial charge in [-0.2, -0.15) is 0 Å². The summed E-state index contributed by atoms with van der Waals surface area (Å²) in [6, 6.07) is 15.9. The zero-order valence-electron chi connectivity index (χ0n) is 19.6. The summed E-state index contributed by atoms with van der Waals surface area (Å²) in [6.45, 7) is 1.49. The number of piperidine rings is 1. The molecule has 1 N–H and O–H groups in total. The SMILES string of the molecule is COc1ccc(C(=O)N2C[C@@H]3C[C@H](C2)c2ccc(NC(=O)c4cccc(C(=O)[O-])c4)c(=O)n2C3)cc1. The number of nitrogens with one attached hydrogen (secondary N) is 1. The first-order valence-electron chi connectivity index (χ1n) is 11.6. The number of carbonyl (C=O) groups is 3. The van der Waals surface area contributed by atoms with Crippen LogP contribution in [0.4, 0.5) is 5.69 Å². The van der Waals surface area contributed by atoms with Gasteiger partial charge in [-0.3, -0.25) is 14.4 Å². The fourth-order valence-corrected chi connectivity index (χ4v) is 5.10. The number of ether oxygens (including phenoxy) is 1. The predicted molar refractivity (Wildman–Crippen MR) is 129 cm³/mol. The summed E-state index contributed by atoms with van der Waals surface area (Å²) in [5, 5.41) is 13.7. The quantitative estimate of drug-likeness (QED) is 0.586. The number of aromatic nitrogens is 1. The number of hydrogen-bond donors (Lipinski definition) is 1. The van der Waals surface area contributed by atoms with Gasteiger partial charge in [0.2, 0.25) is 0 Å². The number of nitrogens with zero attached hydrogens (tertiary/aromatic N) is 2. The second-order valence-electron chi connectivity index (χ2n) is 9.15. The van der Waals surface area contributed by atoms with Gasteiger partial charge < -0.3 is 29.4 Å². The number of carbonyl (C=O) groups excluding carboxylic acids is 3. The maximum absolute atomic E-state index is 13.2. The van der Waals surface area contributed by atoms with E-state index in [1.165, 1.54) is 24.3 Å². The third-order valence-electron chi connectivity index (χ3n) is 6.84. The summed E-state index contributed by atoms with van der Waals surface area (Å²) in [6.07, 6.45) is 0.882. The third-order valence-corrected chi connectivity index (χ3v) is 6.84. The van der Waals surface area contributed by atoms with E-state index in [0.29, 0.717) is 30.9 Å². The monoisotopic (exact) mass is 486 g/mol. The van der Waals surface area contributed by atoms with Crippen molar-refractivity contribution in [2.24, 2.45) is 5.92 Å². The molecule has 184 valence electrons. The Hall–Kier alpha value is -4.40. The van der Waals surface area contributed by atoms with E-state index in [1.807, 2.05) is 11.0 Å². The molecule has 2 aliphatic heterocycles. The van der Waals surface area contributed by atoms with Crippen LogP contribution in [0.25, 0.3) is 0 Å². The molecule has 2 amide bonds. The molecule has 9 nitrogen and oxygen atoms in total. The van der Waals surface area contributed by atoms with Crippen LogP contribution in [0.15, 0.2) is 65.5 Å². The van der Waals surface area contributed by atoms with Gasteiger partial charge in [-0.05, 0) is 66.4 Å². The lowest BCUT2D eigenvalue weighted by molar-refractivity contribution is -0.255. The maximum Gasteiger partial charge on any atom is 0.274 e. The molecule has 9 heteroatoms. The molecule has 1 aromatic heterocycles. The Morgan fingerprint density at radius 2 is 1.69 bits per heavy atom. The number of rotatable bonds is 5. The molecule has 2 bridgehead atoms. The van der Waals surface area contributed by atoms with Crippen LogP contribution in [0.2, 0.25) is 0 Å². The minimum Gasteiger partial charge on any atom is -0.545 e. The molecule has 1 saturated heterocycles. The largest absolute Gasteiger partial charge is 0.545 e. The van der Waals surface area contributed by atoms with Crippen molar-refractivity contribution < 1.29 is 24.2 Å². The van der Waals surface area contributed by atoms with Crippen LogP contribution in [0.3, 0.4) is 0 Å². The molecular formula is C27H24N3O6-. The molecule has 2 aromatic carbocycles. The predicted octanol–water partition coefficient (Wildman–Crippen LogP) is 1.73. The van der Waals surface area contributed by atoms with Crippen LogP contribution in [0.5, 0.6) is 5.75 Å². The van der Waals surface area contributed by atoms with E-state index >= 15 is 0 Å². The number of anilines is 1. The Morgan fingerprint density at radius 3 is 2.42 bits per heavy atom. The fraction of sp³-hybridized carbons (Fsp3) is 0.259. The van der Waals surface area contributed by atoms with E-state index in [1.54, 1.807) is 42.0 Å². The molecular weight excluding hydrogens is 462 g/mol. The average molecular weight is 487 g/mol. The van der Waals surface area contributed by atoms with Crippen molar-refractivity contribution in [3.05, 3.63) is 93.4 Å². The van der Waals surface area contributed by atoms with Gasteiger partial charge in [0.15, 0.2) is 0 Å². The number of methoxy groups -OCH3 is 1. The third kappa shape index (κ3) is 4.35. The van der Waals surface area contributed by atoms with Crippen molar-refractivity contribution in [1.29, 1.82) is 0 Å². The number of benzene rings is 2. The number of hydrogen-bond acceptors (Lipinski definition) is 6. The van der Waals surface area contributed by atoms with Gasteiger partial charge >= 0.3 is 0 Å². The molecule has 36 heavy (non-hydrogen) atoms. The molecule has 0 radical (unpaired) electrons. The number of carboxylic acids is 1. The second kappa shape index (κ2) is 9.33. The van der Waals surface area contributed by atoms with Gasteiger partial charge in [-0.15, -0.1) is 0 Å². The Labute approximate surface area is 206 Å². The molecule has 1 fully saturated rings. The topological polar surface area (TPSA) is 121 Å². The van der Waals surface area contributed by atoms with Crippen LogP contribution >= 0.6 is 0 Å². The summed E-state index contributed by atoms with van der Waals surface area (Å²) < 4.78 is 6.85. The summed E-state index contributed by atoms with van der Waals surface area (Å²) in [4.78, 5) is 52.0. The highest BCUT2D eigenvalue weighted by molar-refractivity contribution is 6.05. The molecule has 2 aliphatic rings. The molecule has 0 aliphatic carbocycles. The first-order chi connectivity index (χ1) is 17.3. The number of carboxylic acid groups (broad SMARTS) is 1. The number of fused-ring (bicyclic) bond motifs is 4. The van der Waals surface area contributed by atoms with Gasteiger partial charge in [-0.1, -0.05) is 12.1 Å². The Bertz CT molecular complexity index is 1410. The highest BCUT2D eigenvalue weighted by atomic mass is 16.5. The van der Waals surface area contributed by atoms with Crippen LogP contribution < -0.4 is 20.7 Å². The number of aromatic carboxylic acids is 1. The average Bonchev–Trinajstić information content (AvgIpc) is 2.90. The lowest BCUT2D eigenvalue weighted by Gasteiger charge is -2.43. The highest BCUT2D eigenvalue weighted by Crippen LogP contribution is 2.36. The van der Waals surface area contributed by atoms with Gasteiger partial charge in [0.1, 0.15) is 11.4 Å². The van der Waals surface area contributed by atoms with Crippen molar-refractivity contribution in [3.63, 3.8) is 0 Å². The van der Waals surface area contributed by atoms with Crippen molar-refractivity contribution in [3.8, 4) is 5.75 Å². The van der Waals surface area contributed by atoms with Crippen LogP contribution in [-0.4, -0.2) is 47.4 Å². The van der Waals surface area contributed by atoms with Gasteiger partial charge in [0, 0.05) is 42.4 Å². The first-order valence-corrected chi connectivity index (χ1v) is 11.6. The Morgan fingerprint density at radius 1 is 0.944 bits per heavy atom. The van der Waals surface area contributed by atoms with Crippen molar-refractivity contribution in [1.82, 2.24) is 9.47 Å². The standard InChI is InChI=1S/C27H25N3O6/c1-36-21-7-5-17(6-8-21)25(32)29-13-16-11-20(15-29)23-10-9-22(26(33)30(23)14-16)28-24(31)18-3-2-4-19(12-18)27(34)35/h2-10,12,16,20H,11,13-15H2,1H3,(H,28,31)(H,34,35)/p-1/t16-,20+/m0/s1. The summed E-state index contributed by atoms with van der Waals surface area (Å²) in [5.74, 6) is -1.21. The van der Waals surface area contributed by atoms with E-state index in [2.05, 4.69) is 5.32 Å². The van der Waals surface area contributed by atoms with E-state index in [9.17, 15) is 24.3 Å². The maximum atomic E-state index is 13.2. The number of pyridine rings is 1. The van der Waals surface area contributed by atoms with Crippen LogP contribution in [0, 0.1) is 5.92 Å². The first kappa shape index (κ1) is 23.3. The molecule has 0 spiro atoms. The molecule has 2 atom stereocenters. The molecule has 3 aromatic rings. The molecule has 5 rings (SSSR count). The van der Waals surface area contributed by atoms with Crippen molar-refractivity contribution in [2.75, 3.05) is 25.5 Å². The van der Waals surface area contributed by atoms with Crippen molar-refractivity contribution in [2.45, 2.75) is 18.9 Å². The summed E-state index contributed by atoms with van der Waals surface area (Å²) >= 11 is 0. The fourth-order valence-electron chi connectivity index (χ4n) is 5.10. The second-order valence-corrected chi connectivity index (χ2v) is 9.15. The lowest BCUT2D eigenvalue weighted by Crippen LogP contribution is -2.49. The number of likely N-dealkylation sites (tertiary alicyclic amines) is 1. The highest BCUT2D eigenvalue weighted by Gasteiger charge is 2.37. The zero-order chi connectivity index (χ0) is 25.4. The molecule has 3 heterocycles. The van der Waals surface area contributed by atoms with Gasteiger partial charge in [-0.25, -0.2) is 0 Å². The number of amides is 2. The smallest absolute Gasteiger partial charge is 0.274 e. The zero-order valence-corrected chi connectivity index (χ0v) is 19.6. The normalized spacial score (nSPS) is 18.2. The van der Waals surface area contributed by atoms with Crippen LogP contribution in [-0.2, 0) is 6.54 Å². The molecule has 0 unspecified atom stereocenters. The van der Waals surface area contributed by atoms with Gasteiger partial charge in [0.25, 0.3) is 17.4 Å². The van der Waals surface area contributed by atoms with E-state index in [0.717, 1.165) is 12.1 Å². The summed E-state index contributed by atoms with van der Waals surface area (Å²) in [5.41, 5.74) is 1.22. The molecule has 0 saturated carbocycles. The van der Waals surface area contributed by atoms with Crippen LogP contribution in [0.1, 0.15) is 49.1 Å². The van der Waals surface area contributed by atoms with Gasteiger partial charge in [0.05, 0.1) is 13.1 Å². The van der Waals surface area contributed by atoms with E-state index in [4.69, 9.17) is 4.74 Å². The van der Waals surface area contributed by atoms with E-state index in [-0.39, 0.29) is 40.1 Å².